The molecule has 0 aromatic heterocycles. The lowest BCUT2D eigenvalue weighted by molar-refractivity contribution is 0.184. The van der Waals surface area contributed by atoms with Gasteiger partial charge in [0.25, 0.3) is 0 Å². The fraction of sp³-hybridized carbons (Fsp3) is 0.333. The van der Waals surface area contributed by atoms with Crippen molar-refractivity contribution in [2.24, 2.45) is 5.73 Å². The highest BCUT2D eigenvalue weighted by Crippen LogP contribution is 2.27. The van der Waals surface area contributed by atoms with Crippen molar-refractivity contribution in [3.63, 3.8) is 0 Å². The molecule has 2 aromatic rings. The lowest BCUT2D eigenvalue weighted by atomic mass is 10.0. The van der Waals surface area contributed by atoms with Crippen LogP contribution >= 0.6 is 0 Å². The van der Waals surface area contributed by atoms with Crippen molar-refractivity contribution in [1.82, 2.24) is 0 Å². The van der Waals surface area contributed by atoms with Crippen LogP contribution in [0.4, 0.5) is 0 Å². The zero-order valence-corrected chi connectivity index (χ0v) is 12.4. The van der Waals surface area contributed by atoms with Gasteiger partial charge in [-0.15, -0.1) is 0 Å². The largest absolute Gasteiger partial charge is 0.492 e. The van der Waals surface area contributed by atoms with E-state index in [4.69, 9.17) is 15.2 Å². The summed E-state index contributed by atoms with van der Waals surface area (Å²) in [7, 11) is 1.71. The van der Waals surface area contributed by atoms with Crippen LogP contribution in [0.2, 0.25) is 0 Å². The predicted octanol–water partition coefficient (Wildman–Crippen LogP) is 2.96. The van der Waals surface area contributed by atoms with Gasteiger partial charge in [-0.25, -0.2) is 0 Å². The van der Waals surface area contributed by atoms with Crippen LogP contribution in [0.15, 0.2) is 36.4 Å². The van der Waals surface area contributed by atoms with Gasteiger partial charge in [0.1, 0.15) is 5.75 Å². The molecule has 0 aliphatic carbocycles. The summed E-state index contributed by atoms with van der Waals surface area (Å²) < 4.78 is 10.9. The lowest BCUT2D eigenvalue weighted by Gasteiger charge is -2.10. The maximum Gasteiger partial charge on any atom is 0.135 e. The molecule has 0 saturated carbocycles. The quantitative estimate of drug-likeness (QED) is 0.655. The highest BCUT2D eigenvalue weighted by Gasteiger charge is 2.06. The number of rotatable bonds is 6. The molecule has 0 spiro atoms. The molecular formula is C18H21NO2. The van der Waals surface area contributed by atoms with Crippen LogP contribution in [0.1, 0.15) is 18.4 Å². The van der Waals surface area contributed by atoms with Crippen molar-refractivity contribution in [2.75, 3.05) is 26.9 Å². The number of hydrogen-bond donors (Lipinski definition) is 1. The summed E-state index contributed by atoms with van der Waals surface area (Å²) >= 11 is 0. The summed E-state index contributed by atoms with van der Waals surface area (Å²) in [5, 5.41) is 2.26. The molecule has 0 atom stereocenters. The molecule has 0 aliphatic heterocycles. The van der Waals surface area contributed by atoms with Crippen molar-refractivity contribution < 1.29 is 9.47 Å². The first-order valence-electron chi connectivity index (χ1n) is 7.19. The Hall–Kier alpha value is -2.02. The van der Waals surface area contributed by atoms with Gasteiger partial charge in [-0.2, -0.15) is 0 Å². The molecule has 0 fully saturated rings. The molecular weight excluding hydrogens is 262 g/mol. The maximum atomic E-state index is 5.89. The Morgan fingerprint density at radius 2 is 1.86 bits per heavy atom. The molecule has 0 saturated heterocycles. The number of unbranched alkanes of at least 4 members (excludes halogenated alkanes) is 1. The van der Waals surface area contributed by atoms with E-state index in [1.807, 2.05) is 18.2 Å². The Morgan fingerprint density at radius 1 is 1.05 bits per heavy atom. The van der Waals surface area contributed by atoms with E-state index in [1.165, 1.54) is 0 Å². The van der Waals surface area contributed by atoms with E-state index < -0.39 is 0 Å². The minimum absolute atomic E-state index is 0.344. The predicted molar refractivity (Wildman–Crippen MR) is 86.5 cm³/mol. The summed E-state index contributed by atoms with van der Waals surface area (Å²) in [6, 6.07) is 12.2. The molecule has 3 heteroatoms. The van der Waals surface area contributed by atoms with Gasteiger partial charge >= 0.3 is 0 Å². The highest BCUT2D eigenvalue weighted by atomic mass is 16.5. The molecule has 0 bridgehead atoms. The van der Waals surface area contributed by atoms with Gasteiger partial charge in [0.15, 0.2) is 0 Å². The topological polar surface area (TPSA) is 44.5 Å². The summed E-state index contributed by atoms with van der Waals surface area (Å²) in [5.41, 5.74) is 6.42. The normalized spacial score (nSPS) is 10.2. The number of ether oxygens (including phenoxy) is 2. The molecule has 110 valence electrons. The third-order valence-corrected chi connectivity index (χ3v) is 3.21. The summed E-state index contributed by atoms with van der Waals surface area (Å²) in [6.07, 6.45) is 1.96. The first kappa shape index (κ1) is 15.4. The molecule has 2 aromatic carbocycles. The SMILES string of the molecule is COCCCCOc1ccc2ccccc2c1C#CCN. The molecule has 0 amide bonds. The fourth-order valence-corrected chi connectivity index (χ4v) is 2.17. The monoisotopic (exact) mass is 283 g/mol. The van der Waals surface area contributed by atoms with Gasteiger partial charge < -0.3 is 15.2 Å². The van der Waals surface area contributed by atoms with E-state index in [9.17, 15) is 0 Å². The third kappa shape index (κ3) is 4.22. The van der Waals surface area contributed by atoms with Gasteiger partial charge in [0.05, 0.1) is 18.7 Å². The van der Waals surface area contributed by atoms with Crippen LogP contribution in [-0.2, 0) is 4.74 Å². The van der Waals surface area contributed by atoms with Gasteiger partial charge in [0, 0.05) is 19.1 Å². The minimum Gasteiger partial charge on any atom is -0.492 e. The maximum absolute atomic E-state index is 5.89. The first-order valence-corrected chi connectivity index (χ1v) is 7.19. The average molecular weight is 283 g/mol. The van der Waals surface area contributed by atoms with Crippen molar-refractivity contribution in [2.45, 2.75) is 12.8 Å². The third-order valence-electron chi connectivity index (χ3n) is 3.21. The number of methoxy groups -OCH3 is 1. The molecule has 0 aliphatic rings. The number of nitrogens with two attached hydrogens (primary N) is 1. The summed E-state index contributed by atoms with van der Waals surface area (Å²) in [4.78, 5) is 0. The molecule has 0 heterocycles. The van der Waals surface area contributed by atoms with Crippen LogP contribution in [0.3, 0.4) is 0 Å². The van der Waals surface area contributed by atoms with Crippen molar-refractivity contribution in [1.29, 1.82) is 0 Å². The molecule has 3 nitrogen and oxygen atoms in total. The summed E-state index contributed by atoms with van der Waals surface area (Å²) in [5.74, 6) is 6.89. The Bertz CT molecular complexity index is 640. The van der Waals surface area contributed by atoms with E-state index in [0.29, 0.717) is 13.2 Å². The second-order valence-electron chi connectivity index (χ2n) is 4.71. The van der Waals surface area contributed by atoms with Crippen LogP contribution in [0.25, 0.3) is 10.8 Å². The number of benzene rings is 2. The Kier molecular flexibility index (Phi) is 6.08. The number of hydrogen-bond acceptors (Lipinski definition) is 3. The van der Waals surface area contributed by atoms with Crippen molar-refractivity contribution in [3.05, 3.63) is 42.0 Å². The zero-order valence-electron chi connectivity index (χ0n) is 12.4. The van der Waals surface area contributed by atoms with Gasteiger partial charge in [-0.3, -0.25) is 0 Å². The zero-order chi connectivity index (χ0) is 14.9. The Balaban J connectivity index is 2.21. The van der Waals surface area contributed by atoms with Crippen LogP contribution in [-0.4, -0.2) is 26.9 Å². The number of fused-ring (bicyclic) bond motifs is 1. The smallest absolute Gasteiger partial charge is 0.135 e. The molecule has 0 radical (unpaired) electrons. The molecule has 0 unspecified atom stereocenters. The molecule has 21 heavy (non-hydrogen) atoms. The van der Waals surface area contributed by atoms with E-state index >= 15 is 0 Å². The van der Waals surface area contributed by atoms with Crippen LogP contribution in [0, 0.1) is 11.8 Å². The van der Waals surface area contributed by atoms with Gasteiger partial charge in [-0.05, 0) is 24.3 Å². The van der Waals surface area contributed by atoms with E-state index in [0.717, 1.165) is 41.5 Å². The molecule has 2 rings (SSSR count). The average Bonchev–Trinajstić information content (AvgIpc) is 2.53. The van der Waals surface area contributed by atoms with Gasteiger partial charge in [-0.1, -0.05) is 42.2 Å². The van der Waals surface area contributed by atoms with Crippen LogP contribution < -0.4 is 10.5 Å². The molecule has 2 N–H and O–H groups in total. The van der Waals surface area contributed by atoms with Crippen molar-refractivity contribution >= 4 is 10.8 Å². The van der Waals surface area contributed by atoms with Crippen LogP contribution in [0.5, 0.6) is 5.75 Å². The lowest BCUT2D eigenvalue weighted by Crippen LogP contribution is -2.01. The standard InChI is InChI=1S/C18H21NO2/c1-20-13-4-5-14-21-18-11-10-15-7-2-3-8-16(15)17(18)9-6-12-19/h2-3,7-8,10-11H,4-5,12-14,19H2,1H3. The van der Waals surface area contributed by atoms with E-state index in [1.54, 1.807) is 7.11 Å². The second-order valence-corrected chi connectivity index (χ2v) is 4.71. The fourth-order valence-electron chi connectivity index (χ4n) is 2.17. The van der Waals surface area contributed by atoms with Crippen molar-refractivity contribution in [3.8, 4) is 17.6 Å². The van der Waals surface area contributed by atoms with Gasteiger partial charge in [0.2, 0.25) is 0 Å². The Labute approximate surface area is 126 Å². The Morgan fingerprint density at radius 3 is 2.67 bits per heavy atom. The minimum atomic E-state index is 0.344. The van der Waals surface area contributed by atoms with E-state index in [2.05, 4.69) is 30.0 Å². The highest BCUT2D eigenvalue weighted by molar-refractivity contribution is 5.90. The first-order chi connectivity index (χ1) is 10.4. The second kappa shape index (κ2) is 8.31. The van der Waals surface area contributed by atoms with E-state index in [-0.39, 0.29) is 0 Å². The summed E-state index contributed by atoms with van der Waals surface area (Å²) in [6.45, 7) is 1.77.